The zero-order valence-corrected chi connectivity index (χ0v) is 39.1. The van der Waals surface area contributed by atoms with Gasteiger partial charge in [-0.05, 0) is 109 Å². The van der Waals surface area contributed by atoms with Crippen molar-refractivity contribution in [3.8, 4) is 22.7 Å². The van der Waals surface area contributed by atoms with Crippen LogP contribution in [0.15, 0.2) is 245 Å². The van der Waals surface area contributed by atoms with E-state index in [-0.39, 0.29) is 0 Å². The molecule has 4 heterocycles. The van der Waals surface area contributed by atoms with Crippen LogP contribution >= 0.6 is 28.7 Å². The van der Waals surface area contributed by atoms with E-state index in [0.717, 1.165) is 4.47 Å². The van der Waals surface area contributed by atoms with Crippen LogP contribution in [0.4, 0.5) is 0 Å². The third-order valence-electron chi connectivity index (χ3n) is 13.0. The summed E-state index contributed by atoms with van der Waals surface area (Å²) in [5.41, 5.74) is 14.5. The van der Waals surface area contributed by atoms with Gasteiger partial charge in [0, 0.05) is 70.3 Å². The van der Waals surface area contributed by atoms with Crippen LogP contribution in [0.5, 0.6) is 0 Å². The second-order valence-corrected chi connectivity index (χ2v) is 17.9. The first-order valence-corrected chi connectivity index (χ1v) is 23.7. The summed E-state index contributed by atoms with van der Waals surface area (Å²) in [6.07, 6.45) is 0. The molecular formula is C60H40BBrN5S. The smallest absolute Gasteiger partial charge is 0.0548 e. The molecule has 0 spiro atoms. The van der Waals surface area contributed by atoms with E-state index >= 15 is 0 Å². The van der Waals surface area contributed by atoms with Gasteiger partial charge in [-0.15, -0.1) is 0 Å². The Labute approximate surface area is 407 Å². The van der Waals surface area contributed by atoms with Gasteiger partial charge in [0.05, 0.1) is 44.1 Å². The molecule has 0 aliphatic carbocycles. The summed E-state index contributed by atoms with van der Waals surface area (Å²) < 4.78 is 13.3. The van der Waals surface area contributed by atoms with E-state index in [1.54, 1.807) is 0 Å². The van der Waals surface area contributed by atoms with Gasteiger partial charge in [0.1, 0.15) is 0 Å². The van der Waals surface area contributed by atoms with Crippen molar-refractivity contribution in [2.45, 2.75) is 0 Å². The minimum atomic E-state index is 1.09. The average Bonchev–Trinajstić information content (AvgIpc) is 4.11. The van der Waals surface area contributed by atoms with Crippen molar-refractivity contribution in [3.05, 3.63) is 241 Å². The molecule has 68 heavy (non-hydrogen) atoms. The van der Waals surface area contributed by atoms with Crippen LogP contribution in [0, 0.1) is 0 Å². The largest absolute Gasteiger partial charge is 0.309 e. The zero-order chi connectivity index (χ0) is 45.7. The van der Waals surface area contributed by atoms with Crippen LogP contribution in [-0.2, 0) is 0 Å². The van der Waals surface area contributed by atoms with Crippen molar-refractivity contribution in [2.75, 3.05) is 0 Å². The summed E-state index contributed by atoms with van der Waals surface area (Å²) in [5, 5.41) is 10.1. The molecule has 0 N–H and O–H groups in total. The summed E-state index contributed by atoms with van der Waals surface area (Å²) in [5.74, 6) is 0. The first kappa shape index (κ1) is 41.5. The van der Waals surface area contributed by atoms with Gasteiger partial charge in [0.25, 0.3) is 0 Å². The van der Waals surface area contributed by atoms with Crippen LogP contribution in [0.25, 0.3) is 110 Å². The number of para-hydroxylation sites is 7. The standard InChI is InChI=1S/C30H19BrN2.C30H20N2.BHNS/c31-20-15-16-28-24(17-20)26-19-29-25(18-30(26)33(28)22-11-5-2-6-12-22)23-13-7-8-14-27(23)32(29)21-9-3-1-4-10-21;1-3-11-21(12-4-1)31-27-17-9-7-15-23(27)25-20-30-26(19-29(25)31)24-16-8-10-18-28(24)32(30)22-13-5-2-6-14-22;1-2-3/h1-19H;1-20H;3H. The molecule has 4 aromatic heterocycles. The predicted molar refractivity (Wildman–Crippen MR) is 295 cm³/mol. The molecular weight excluding hydrogens is 913 g/mol. The first-order chi connectivity index (χ1) is 33.6. The van der Waals surface area contributed by atoms with Gasteiger partial charge in [-0.1, -0.05) is 143 Å². The fraction of sp³-hybridized carbons (Fsp3) is 0. The Morgan fingerprint density at radius 2 is 0.515 bits per heavy atom. The van der Waals surface area contributed by atoms with E-state index in [1.165, 1.54) is 110 Å². The molecule has 14 rings (SSSR count). The number of thiol groups is 1. The first-order valence-electron chi connectivity index (χ1n) is 22.5. The quantitative estimate of drug-likeness (QED) is 0.135. The molecule has 0 aliphatic rings. The van der Waals surface area contributed by atoms with Gasteiger partial charge < -0.3 is 18.3 Å². The number of benzene rings is 10. The molecule has 8 heteroatoms. The molecule has 0 atom stereocenters. The topological polar surface area (TPSA) is 32.1 Å². The Balaban J connectivity index is 0.000000134. The van der Waals surface area contributed by atoms with Crippen LogP contribution in [-0.4, -0.2) is 25.9 Å². The monoisotopic (exact) mass is 952 g/mol. The van der Waals surface area contributed by atoms with Gasteiger partial charge >= 0.3 is 24.8 Å². The van der Waals surface area contributed by atoms with Crippen molar-refractivity contribution in [1.29, 1.82) is 0 Å². The Morgan fingerprint density at radius 3 is 0.824 bits per heavy atom. The van der Waals surface area contributed by atoms with Crippen LogP contribution < -0.4 is 0 Å². The van der Waals surface area contributed by atoms with Crippen molar-refractivity contribution in [3.63, 3.8) is 0 Å². The number of fused-ring (bicyclic) bond motifs is 12. The summed E-state index contributed by atoms with van der Waals surface area (Å²) in [4.78, 5) is 0. The molecule has 5 nitrogen and oxygen atoms in total. The van der Waals surface area contributed by atoms with Crippen molar-refractivity contribution in [1.82, 2.24) is 18.3 Å². The molecule has 0 aliphatic heterocycles. The SMILES string of the molecule is Brc1ccc2c(c1)c1cc3c(cc1n2-c1ccccc1)c1ccccc1n3-c1ccccc1.[B]=NS.c1ccc(-n2c3ccccc3c3cc4c(cc32)c2ccccc2n4-c2ccccc2)cc1. The van der Waals surface area contributed by atoms with Crippen LogP contribution in [0.1, 0.15) is 0 Å². The van der Waals surface area contributed by atoms with Gasteiger partial charge in [-0.25, -0.2) is 0 Å². The number of nitrogens with zero attached hydrogens (tertiary/aromatic N) is 5. The van der Waals surface area contributed by atoms with E-state index in [4.69, 9.17) is 0 Å². The second-order valence-electron chi connectivity index (χ2n) is 16.8. The van der Waals surface area contributed by atoms with E-state index < -0.39 is 0 Å². The summed E-state index contributed by atoms with van der Waals surface area (Å²) in [6, 6.07) is 84.8. The molecule has 14 aromatic rings. The maximum absolute atomic E-state index is 4.34. The summed E-state index contributed by atoms with van der Waals surface area (Å²) in [6.45, 7) is 0. The third kappa shape index (κ3) is 6.86. The number of aromatic nitrogens is 4. The number of hydrogen-bond donors (Lipinski definition) is 1. The van der Waals surface area contributed by atoms with Crippen LogP contribution in [0.2, 0.25) is 0 Å². The number of halogens is 1. The molecule has 0 unspecified atom stereocenters. The molecule has 10 aromatic carbocycles. The normalized spacial score (nSPS) is 11.4. The number of rotatable bonds is 4. The van der Waals surface area contributed by atoms with E-state index in [9.17, 15) is 0 Å². The number of hydrogen-bond acceptors (Lipinski definition) is 2. The summed E-state index contributed by atoms with van der Waals surface area (Å²) >= 11 is 6.89. The average molecular weight is 954 g/mol. The van der Waals surface area contributed by atoms with Crippen molar-refractivity contribution >= 4 is 124 Å². The Kier molecular flexibility index (Phi) is 10.6. The van der Waals surface area contributed by atoms with Crippen molar-refractivity contribution < 1.29 is 0 Å². The maximum atomic E-state index is 4.34. The van der Waals surface area contributed by atoms with E-state index in [1.807, 2.05) is 0 Å². The minimum Gasteiger partial charge on any atom is -0.309 e. The van der Waals surface area contributed by atoms with Gasteiger partial charge in [-0.2, -0.15) is 0 Å². The van der Waals surface area contributed by atoms with Crippen LogP contribution in [0.3, 0.4) is 0 Å². The zero-order valence-electron chi connectivity index (χ0n) is 36.7. The van der Waals surface area contributed by atoms with E-state index in [2.05, 4.69) is 296 Å². The molecule has 0 saturated heterocycles. The fourth-order valence-corrected chi connectivity index (χ4v) is 10.7. The molecule has 321 valence electrons. The van der Waals surface area contributed by atoms with E-state index in [0.29, 0.717) is 0 Å². The van der Waals surface area contributed by atoms with Crippen molar-refractivity contribution in [2.24, 2.45) is 4.30 Å². The maximum Gasteiger partial charge on any atom is 0.0548 e. The molecule has 1 radical (unpaired) electrons. The van der Waals surface area contributed by atoms with Gasteiger partial charge in [-0.3, -0.25) is 0 Å². The fourth-order valence-electron chi connectivity index (χ4n) is 10.3. The predicted octanol–water partition coefficient (Wildman–Crippen LogP) is 16.7. The Bertz CT molecular complexity index is 4040. The molecule has 0 saturated carbocycles. The van der Waals surface area contributed by atoms with Gasteiger partial charge in [0.15, 0.2) is 0 Å². The summed E-state index contributed by atoms with van der Waals surface area (Å²) in [7, 11) is 4.34. The second kappa shape index (κ2) is 17.4. The minimum absolute atomic E-state index is 1.09. The Hall–Kier alpha value is -7.91. The Morgan fingerprint density at radius 1 is 0.279 bits per heavy atom. The molecule has 0 fully saturated rings. The third-order valence-corrected chi connectivity index (χ3v) is 13.5. The van der Waals surface area contributed by atoms with Gasteiger partial charge in [0.2, 0.25) is 0 Å². The molecule has 0 bridgehead atoms. The molecule has 0 amide bonds.